The van der Waals surface area contributed by atoms with Gasteiger partial charge in [0.1, 0.15) is 5.75 Å². The largest absolute Gasteiger partial charge is 0.494 e. The molecule has 1 aromatic rings. The molecule has 1 heterocycles. The average molecular weight is 327 g/mol. The molecule has 0 aromatic heterocycles. The molecule has 1 aliphatic heterocycles. The van der Waals surface area contributed by atoms with Crippen molar-refractivity contribution in [3.8, 4) is 5.75 Å². The number of carbonyl (C=O) groups excluding carboxylic acids is 1. The number of amides is 1. The van der Waals surface area contributed by atoms with Crippen LogP contribution in [-0.4, -0.2) is 32.1 Å². The van der Waals surface area contributed by atoms with Crippen LogP contribution in [0.15, 0.2) is 24.3 Å². The molecular formula is C17H27ClN2O2. The number of ether oxygens (including phenoxy) is 1. The van der Waals surface area contributed by atoms with E-state index in [1.165, 1.54) is 0 Å². The molecule has 0 bridgehead atoms. The molecule has 2 N–H and O–H groups in total. The van der Waals surface area contributed by atoms with Crippen molar-refractivity contribution >= 4 is 18.3 Å². The first kappa shape index (κ1) is 18.8. The molecule has 0 unspecified atom stereocenters. The van der Waals surface area contributed by atoms with Crippen LogP contribution in [0.1, 0.15) is 43.5 Å². The normalized spacial score (nSPS) is 16.5. The Labute approximate surface area is 139 Å². The van der Waals surface area contributed by atoms with Gasteiger partial charge in [-0.05, 0) is 56.0 Å². The van der Waals surface area contributed by atoms with E-state index in [2.05, 4.69) is 24.5 Å². The maximum absolute atomic E-state index is 12.3. The van der Waals surface area contributed by atoms with Gasteiger partial charge in [0.05, 0.1) is 6.61 Å². The highest BCUT2D eigenvalue weighted by atomic mass is 35.5. The van der Waals surface area contributed by atoms with E-state index in [9.17, 15) is 4.79 Å². The number of halogens is 1. The van der Waals surface area contributed by atoms with Crippen molar-refractivity contribution in [2.75, 3.05) is 26.2 Å². The summed E-state index contributed by atoms with van der Waals surface area (Å²) in [5.74, 6) is 0.745. The highest BCUT2D eigenvalue weighted by Gasteiger charge is 2.27. The molecule has 2 rings (SSSR count). The fraction of sp³-hybridized carbons (Fsp3) is 0.588. The van der Waals surface area contributed by atoms with E-state index >= 15 is 0 Å². The summed E-state index contributed by atoms with van der Waals surface area (Å²) in [5, 5.41) is 6.43. The fourth-order valence-corrected chi connectivity index (χ4v) is 2.55. The van der Waals surface area contributed by atoms with Gasteiger partial charge >= 0.3 is 0 Å². The Kier molecular flexibility index (Phi) is 7.69. The Hall–Kier alpha value is -1.26. The standard InChI is InChI=1S/C17H26N2O2.ClH/c1-3-11-21-15-6-4-5-14(12-15)16(20)19-13-17(2)7-9-18-10-8-17;/h4-6,12,18H,3,7-11,13H2,1-2H3,(H,19,20);1H. The first-order valence-corrected chi connectivity index (χ1v) is 7.85. The molecule has 0 saturated carbocycles. The lowest BCUT2D eigenvalue weighted by atomic mass is 9.81. The first-order valence-electron chi connectivity index (χ1n) is 7.85. The minimum absolute atomic E-state index is 0. The monoisotopic (exact) mass is 326 g/mol. The topological polar surface area (TPSA) is 50.4 Å². The molecule has 22 heavy (non-hydrogen) atoms. The van der Waals surface area contributed by atoms with Gasteiger partial charge in [-0.25, -0.2) is 0 Å². The number of benzene rings is 1. The predicted molar refractivity (Wildman–Crippen MR) is 92.0 cm³/mol. The second-order valence-electron chi connectivity index (χ2n) is 6.12. The number of hydrogen-bond donors (Lipinski definition) is 2. The van der Waals surface area contributed by atoms with Crippen LogP contribution < -0.4 is 15.4 Å². The summed E-state index contributed by atoms with van der Waals surface area (Å²) in [5.41, 5.74) is 0.873. The lowest BCUT2D eigenvalue weighted by Gasteiger charge is -2.34. The molecule has 1 amide bonds. The van der Waals surface area contributed by atoms with Crippen LogP contribution in [0.25, 0.3) is 0 Å². The Balaban J connectivity index is 0.00000242. The third kappa shape index (κ3) is 5.50. The number of piperidine rings is 1. The summed E-state index contributed by atoms with van der Waals surface area (Å²) < 4.78 is 5.57. The van der Waals surface area contributed by atoms with Gasteiger partial charge < -0.3 is 15.4 Å². The lowest BCUT2D eigenvalue weighted by molar-refractivity contribution is 0.0922. The zero-order chi connectivity index (χ0) is 15.1. The zero-order valence-corrected chi connectivity index (χ0v) is 14.3. The van der Waals surface area contributed by atoms with Crippen molar-refractivity contribution in [3.63, 3.8) is 0 Å². The maximum atomic E-state index is 12.3. The van der Waals surface area contributed by atoms with E-state index in [-0.39, 0.29) is 23.7 Å². The summed E-state index contributed by atoms with van der Waals surface area (Å²) >= 11 is 0. The molecule has 1 aliphatic rings. The van der Waals surface area contributed by atoms with Crippen molar-refractivity contribution in [1.82, 2.24) is 10.6 Å². The van der Waals surface area contributed by atoms with Crippen LogP contribution in [-0.2, 0) is 0 Å². The van der Waals surface area contributed by atoms with Crippen LogP contribution in [0.4, 0.5) is 0 Å². The van der Waals surface area contributed by atoms with Gasteiger partial charge in [-0.3, -0.25) is 4.79 Å². The van der Waals surface area contributed by atoms with Crippen LogP contribution in [0, 0.1) is 5.41 Å². The maximum Gasteiger partial charge on any atom is 0.251 e. The van der Waals surface area contributed by atoms with E-state index < -0.39 is 0 Å². The first-order chi connectivity index (χ1) is 10.1. The van der Waals surface area contributed by atoms with Crippen molar-refractivity contribution in [3.05, 3.63) is 29.8 Å². The van der Waals surface area contributed by atoms with Crippen LogP contribution in [0.5, 0.6) is 5.75 Å². The number of nitrogens with one attached hydrogen (secondary N) is 2. The van der Waals surface area contributed by atoms with Crippen LogP contribution >= 0.6 is 12.4 Å². The highest BCUT2D eigenvalue weighted by Crippen LogP contribution is 2.26. The number of carbonyl (C=O) groups is 1. The average Bonchev–Trinajstić information content (AvgIpc) is 2.52. The highest BCUT2D eigenvalue weighted by molar-refractivity contribution is 5.94. The quantitative estimate of drug-likeness (QED) is 0.845. The molecule has 0 atom stereocenters. The second kappa shape index (κ2) is 9.01. The van der Waals surface area contributed by atoms with Gasteiger partial charge in [0, 0.05) is 12.1 Å². The van der Waals surface area contributed by atoms with Crippen LogP contribution in [0.3, 0.4) is 0 Å². The minimum Gasteiger partial charge on any atom is -0.494 e. The van der Waals surface area contributed by atoms with Gasteiger partial charge in [0.25, 0.3) is 5.91 Å². The van der Waals surface area contributed by atoms with Gasteiger partial charge in [-0.1, -0.05) is 19.9 Å². The van der Waals surface area contributed by atoms with E-state index in [1.807, 2.05) is 24.3 Å². The number of rotatable bonds is 6. The van der Waals surface area contributed by atoms with Crippen molar-refractivity contribution < 1.29 is 9.53 Å². The molecule has 0 spiro atoms. The molecule has 124 valence electrons. The van der Waals surface area contributed by atoms with Crippen molar-refractivity contribution in [2.45, 2.75) is 33.1 Å². The summed E-state index contributed by atoms with van der Waals surface area (Å²) in [4.78, 5) is 12.3. The minimum atomic E-state index is -0.0169. The molecule has 1 saturated heterocycles. The van der Waals surface area contributed by atoms with Gasteiger partial charge in [0.2, 0.25) is 0 Å². The molecular weight excluding hydrogens is 300 g/mol. The Morgan fingerprint density at radius 1 is 1.36 bits per heavy atom. The van der Waals surface area contributed by atoms with Gasteiger partial charge in [0.15, 0.2) is 0 Å². The van der Waals surface area contributed by atoms with Crippen LogP contribution in [0.2, 0.25) is 0 Å². The van der Waals surface area contributed by atoms with E-state index in [0.29, 0.717) is 12.2 Å². The van der Waals surface area contributed by atoms with Crippen molar-refractivity contribution in [1.29, 1.82) is 0 Å². The Bertz CT molecular complexity index is 473. The molecule has 0 radical (unpaired) electrons. The molecule has 1 aromatic carbocycles. The third-order valence-corrected chi connectivity index (χ3v) is 4.06. The smallest absolute Gasteiger partial charge is 0.251 e. The summed E-state index contributed by atoms with van der Waals surface area (Å²) in [7, 11) is 0. The van der Waals surface area contributed by atoms with Crippen molar-refractivity contribution in [2.24, 2.45) is 5.41 Å². The third-order valence-electron chi connectivity index (χ3n) is 4.06. The predicted octanol–water partition coefficient (Wildman–Crippen LogP) is 3.02. The summed E-state index contributed by atoms with van der Waals surface area (Å²) in [6.07, 6.45) is 3.17. The zero-order valence-electron chi connectivity index (χ0n) is 13.5. The SMILES string of the molecule is CCCOc1cccc(C(=O)NCC2(C)CCNCC2)c1.Cl. The van der Waals surface area contributed by atoms with Gasteiger partial charge in [-0.15, -0.1) is 12.4 Å². The summed E-state index contributed by atoms with van der Waals surface area (Å²) in [6.45, 7) is 7.79. The molecule has 0 aliphatic carbocycles. The number of hydrogen-bond acceptors (Lipinski definition) is 3. The summed E-state index contributed by atoms with van der Waals surface area (Å²) in [6, 6.07) is 7.40. The molecule has 1 fully saturated rings. The fourth-order valence-electron chi connectivity index (χ4n) is 2.55. The van der Waals surface area contributed by atoms with E-state index in [1.54, 1.807) is 0 Å². The van der Waals surface area contributed by atoms with E-state index in [0.717, 1.165) is 44.6 Å². The Morgan fingerprint density at radius 2 is 2.09 bits per heavy atom. The molecule has 5 heteroatoms. The van der Waals surface area contributed by atoms with Gasteiger partial charge in [-0.2, -0.15) is 0 Å². The molecule has 4 nitrogen and oxygen atoms in total. The lowest BCUT2D eigenvalue weighted by Crippen LogP contribution is -2.42. The second-order valence-corrected chi connectivity index (χ2v) is 6.12. The van der Waals surface area contributed by atoms with E-state index in [4.69, 9.17) is 4.74 Å². The Morgan fingerprint density at radius 3 is 2.77 bits per heavy atom.